The number of carbonyl (C=O) groups is 1. The van der Waals surface area contributed by atoms with Crippen molar-refractivity contribution in [2.24, 2.45) is 11.8 Å². The number of amides is 1. The zero-order valence-electron chi connectivity index (χ0n) is 12.9. The van der Waals surface area contributed by atoms with Crippen LogP contribution in [0.2, 0.25) is 0 Å². The van der Waals surface area contributed by atoms with E-state index in [1.807, 2.05) is 6.07 Å². The summed E-state index contributed by atoms with van der Waals surface area (Å²) in [6, 6.07) is 4.24. The Hall–Kier alpha value is -1.69. The van der Waals surface area contributed by atoms with E-state index in [1.54, 1.807) is 20.2 Å². The Balaban J connectivity index is 1.79. The minimum Gasteiger partial charge on any atom is -0.351 e. The number of hydrogen-bond acceptors (Lipinski definition) is 5. The Bertz CT molecular complexity index is 515. The van der Waals surface area contributed by atoms with Crippen LogP contribution in [0.3, 0.4) is 0 Å². The van der Waals surface area contributed by atoms with Crippen LogP contribution in [0, 0.1) is 11.8 Å². The van der Waals surface area contributed by atoms with Crippen molar-refractivity contribution in [1.29, 1.82) is 0 Å². The summed E-state index contributed by atoms with van der Waals surface area (Å²) in [4.78, 5) is 15.7. The number of aromatic nitrogens is 2. The predicted molar refractivity (Wildman–Crippen MR) is 81.3 cm³/mol. The molecule has 2 aliphatic rings. The summed E-state index contributed by atoms with van der Waals surface area (Å²) in [5.41, 5.74) is 0.401. The van der Waals surface area contributed by atoms with Crippen molar-refractivity contribution in [2.45, 2.75) is 19.4 Å². The van der Waals surface area contributed by atoms with E-state index in [0.29, 0.717) is 23.6 Å². The van der Waals surface area contributed by atoms with Crippen molar-refractivity contribution >= 4 is 11.7 Å². The number of carbonyl (C=O) groups excluding carboxylic acids is 1. The normalized spacial score (nSPS) is 27.8. The Morgan fingerprint density at radius 3 is 2.81 bits per heavy atom. The van der Waals surface area contributed by atoms with Crippen LogP contribution in [-0.4, -0.2) is 60.8 Å². The summed E-state index contributed by atoms with van der Waals surface area (Å²) in [5, 5.41) is 11.9. The van der Waals surface area contributed by atoms with Gasteiger partial charge in [-0.05, 0) is 30.4 Å². The van der Waals surface area contributed by atoms with Gasteiger partial charge in [-0.15, -0.1) is 10.2 Å². The molecule has 1 N–H and O–H groups in total. The number of rotatable bonds is 3. The molecular formula is C15H23N5O. The number of nitrogens with zero attached hydrogens (tertiary/aromatic N) is 4. The average Bonchev–Trinajstić information content (AvgIpc) is 3.06. The van der Waals surface area contributed by atoms with E-state index in [2.05, 4.69) is 27.3 Å². The molecule has 2 fully saturated rings. The smallest absolute Gasteiger partial charge is 0.273 e. The minimum absolute atomic E-state index is 0.108. The van der Waals surface area contributed by atoms with Crippen LogP contribution in [0.5, 0.6) is 0 Å². The third-order valence-corrected chi connectivity index (χ3v) is 4.71. The van der Waals surface area contributed by atoms with Crippen LogP contribution in [0.25, 0.3) is 0 Å². The van der Waals surface area contributed by atoms with Crippen molar-refractivity contribution in [3.63, 3.8) is 0 Å². The molecule has 3 unspecified atom stereocenters. The fourth-order valence-electron chi connectivity index (χ4n) is 3.63. The lowest BCUT2D eigenvalue weighted by atomic mass is 9.93. The Kier molecular flexibility index (Phi) is 3.80. The molecule has 0 saturated carbocycles. The molecule has 1 amide bonds. The molecular weight excluding hydrogens is 266 g/mol. The predicted octanol–water partition coefficient (Wildman–Crippen LogP) is 0.613. The molecule has 6 heteroatoms. The fraction of sp³-hybridized carbons (Fsp3) is 0.667. The van der Waals surface area contributed by atoms with Gasteiger partial charge in [0.1, 0.15) is 0 Å². The molecule has 3 atom stereocenters. The van der Waals surface area contributed by atoms with Gasteiger partial charge in [0.05, 0.1) is 0 Å². The van der Waals surface area contributed by atoms with Crippen molar-refractivity contribution in [3.05, 3.63) is 17.8 Å². The second-order valence-corrected chi connectivity index (χ2v) is 6.19. The molecule has 6 nitrogen and oxygen atoms in total. The lowest BCUT2D eigenvalue weighted by Crippen LogP contribution is -2.36. The first kappa shape index (κ1) is 14.3. The van der Waals surface area contributed by atoms with E-state index in [-0.39, 0.29) is 5.91 Å². The molecule has 1 aromatic heterocycles. The molecule has 21 heavy (non-hydrogen) atoms. The molecule has 3 rings (SSSR count). The van der Waals surface area contributed by atoms with Gasteiger partial charge in [-0.3, -0.25) is 4.79 Å². The molecule has 3 heterocycles. The van der Waals surface area contributed by atoms with Gasteiger partial charge in [0.15, 0.2) is 11.5 Å². The van der Waals surface area contributed by atoms with Gasteiger partial charge in [0, 0.05) is 39.8 Å². The number of fused-ring (bicyclic) bond motifs is 1. The summed E-state index contributed by atoms with van der Waals surface area (Å²) in [6.45, 7) is 5.47. The Morgan fingerprint density at radius 2 is 2.19 bits per heavy atom. The van der Waals surface area contributed by atoms with Crippen LogP contribution in [0.4, 0.5) is 5.82 Å². The third-order valence-electron chi connectivity index (χ3n) is 4.71. The minimum atomic E-state index is -0.108. The van der Waals surface area contributed by atoms with Gasteiger partial charge >= 0.3 is 0 Å². The second kappa shape index (κ2) is 5.60. The Morgan fingerprint density at radius 1 is 1.38 bits per heavy atom. The number of anilines is 1. The standard InChI is InChI=1S/C15H23N5O/c1-4-13-11-8-16-7-10(11)9-20(13)14-6-5-12(17-18-14)15(21)19(2)3/h5-6,10-11,13,16H,4,7-9H2,1-3H3. The maximum Gasteiger partial charge on any atom is 0.273 e. The van der Waals surface area contributed by atoms with Crippen LogP contribution >= 0.6 is 0 Å². The SMILES string of the molecule is CCC1C2CNCC2CN1c1ccc(C(=O)N(C)C)nn1. The van der Waals surface area contributed by atoms with Crippen LogP contribution < -0.4 is 10.2 Å². The Labute approximate surface area is 125 Å². The first-order chi connectivity index (χ1) is 10.1. The highest BCUT2D eigenvalue weighted by Gasteiger charge is 2.43. The van der Waals surface area contributed by atoms with Gasteiger partial charge in [-0.25, -0.2) is 0 Å². The molecule has 0 aliphatic carbocycles. The highest BCUT2D eigenvalue weighted by atomic mass is 16.2. The molecule has 2 saturated heterocycles. The summed E-state index contributed by atoms with van der Waals surface area (Å²) < 4.78 is 0. The van der Waals surface area contributed by atoms with Gasteiger partial charge in [0.25, 0.3) is 5.91 Å². The molecule has 2 aliphatic heterocycles. The quantitative estimate of drug-likeness (QED) is 0.883. The van der Waals surface area contributed by atoms with E-state index < -0.39 is 0 Å². The van der Waals surface area contributed by atoms with E-state index in [1.165, 1.54) is 4.90 Å². The monoisotopic (exact) mass is 289 g/mol. The molecule has 114 valence electrons. The van der Waals surface area contributed by atoms with E-state index in [9.17, 15) is 4.79 Å². The average molecular weight is 289 g/mol. The highest BCUT2D eigenvalue weighted by molar-refractivity contribution is 5.91. The molecule has 0 spiro atoms. The lowest BCUT2D eigenvalue weighted by molar-refractivity contribution is 0.0821. The summed E-state index contributed by atoms with van der Waals surface area (Å²) in [7, 11) is 3.44. The summed E-state index contributed by atoms with van der Waals surface area (Å²) in [6.07, 6.45) is 1.11. The van der Waals surface area contributed by atoms with E-state index in [4.69, 9.17) is 0 Å². The summed E-state index contributed by atoms with van der Waals surface area (Å²) >= 11 is 0. The van der Waals surface area contributed by atoms with E-state index >= 15 is 0 Å². The molecule has 1 aromatic rings. The molecule has 0 aromatic carbocycles. The number of nitrogens with one attached hydrogen (secondary N) is 1. The molecule has 0 radical (unpaired) electrons. The van der Waals surface area contributed by atoms with Crippen molar-refractivity contribution in [2.75, 3.05) is 38.6 Å². The van der Waals surface area contributed by atoms with Gasteiger partial charge < -0.3 is 15.1 Å². The third kappa shape index (κ3) is 2.48. The maximum absolute atomic E-state index is 11.9. The van der Waals surface area contributed by atoms with E-state index in [0.717, 1.165) is 31.9 Å². The van der Waals surface area contributed by atoms with Crippen LogP contribution in [0.15, 0.2) is 12.1 Å². The number of hydrogen-bond donors (Lipinski definition) is 1. The first-order valence-electron chi connectivity index (χ1n) is 7.64. The zero-order valence-corrected chi connectivity index (χ0v) is 12.9. The maximum atomic E-state index is 11.9. The largest absolute Gasteiger partial charge is 0.351 e. The van der Waals surface area contributed by atoms with Crippen molar-refractivity contribution in [1.82, 2.24) is 20.4 Å². The second-order valence-electron chi connectivity index (χ2n) is 6.19. The fourth-order valence-corrected chi connectivity index (χ4v) is 3.63. The van der Waals surface area contributed by atoms with Crippen LogP contribution in [0.1, 0.15) is 23.8 Å². The van der Waals surface area contributed by atoms with Gasteiger partial charge in [0.2, 0.25) is 0 Å². The van der Waals surface area contributed by atoms with Crippen molar-refractivity contribution < 1.29 is 4.79 Å². The van der Waals surface area contributed by atoms with Gasteiger partial charge in [-0.2, -0.15) is 0 Å². The van der Waals surface area contributed by atoms with Crippen molar-refractivity contribution in [3.8, 4) is 0 Å². The topological polar surface area (TPSA) is 61.4 Å². The molecule has 0 bridgehead atoms. The lowest BCUT2D eigenvalue weighted by Gasteiger charge is -2.27. The first-order valence-corrected chi connectivity index (χ1v) is 7.64. The van der Waals surface area contributed by atoms with Gasteiger partial charge in [-0.1, -0.05) is 6.92 Å². The summed E-state index contributed by atoms with van der Waals surface area (Å²) in [5.74, 6) is 2.20. The highest BCUT2D eigenvalue weighted by Crippen LogP contribution is 2.36. The van der Waals surface area contributed by atoms with Crippen LogP contribution in [-0.2, 0) is 0 Å². The zero-order chi connectivity index (χ0) is 15.0.